The van der Waals surface area contributed by atoms with Crippen LogP contribution < -0.4 is 9.62 Å². The predicted molar refractivity (Wildman–Crippen MR) is 111 cm³/mol. The van der Waals surface area contributed by atoms with E-state index in [1.165, 1.54) is 12.3 Å². The van der Waals surface area contributed by atoms with Crippen LogP contribution in [0.5, 0.6) is 0 Å². The van der Waals surface area contributed by atoms with Crippen LogP contribution in [-0.4, -0.2) is 37.1 Å². The van der Waals surface area contributed by atoms with Gasteiger partial charge in [0.15, 0.2) is 0 Å². The molecule has 1 N–H and O–H groups in total. The van der Waals surface area contributed by atoms with E-state index in [0.717, 1.165) is 12.0 Å². The molecule has 164 valence electrons. The van der Waals surface area contributed by atoms with Crippen LogP contribution >= 0.6 is 15.9 Å². The Morgan fingerprint density at radius 1 is 1.30 bits per heavy atom. The normalized spacial score (nSPS) is 16.7. The summed E-state index contributed by atoms with van der Waals surface area (Å²) in [6.45, 7) is 4.70. The van der Waals surface area contributed by atoms with Gasteiger partial charge in [-0.15, -0.1) is 10.2 Å². The molecule has 0 spiro atoms. The van der Waals surface area contributed by atoms with Gasteiger partial charge in [0.05, 0.1) is 11.1 Å². The highest BCUT2D eigenvalue weighted by Gasteiger charge is 2.46. The van der Waals surface area contributed by atoms with Gasteiger partial charge in [-0.2, -0.15) is 21.6 Å². The first-order valence-corrected chi connectivity index (χ1v) is 11.4. The summed E-state index contributed by atoms with van der Waals surface area (Å²) >= 11 is 3.26. The quantitative estimate of drug-likeness (QED) is 0.452. The number of nitrogens with zero attached hydrogens (tertiary/aromatic N) is 5. The zero-order valence-corrected chi connectivity index (χ0v) is 18.8. The Kier molecular flexibility index (Phi) is 5.89. The summed E-state index contributed by atoms with van der Waals surface area (Å²) in [6.07, 6.45) is 3.95. The van der Waals surface area contributed by atoms with Crippen LogP contribution in [0.2, 0.25) is 0 Å². The maximum atomic E-state index is 13.0. The second-order valence-corrected chi connectivity index (χ2v) is 9.69. The molecule has 3 rings (SSSR count). The van der Waals surface area contributed by atoms with Crippen molar-refractivity contribution < 1.29 is 21.6 Å². The summed E-state index contributed by atoms with van der Waals surface area (Å²) in [6, 6.07) is 2.94. The van der Waals surface area contributed by atoms with Crippen molar-refractivity contribution in [2.75, 3.05) is 23.2 Å². The van der Waals surface area contributed by atoms with E-state index < -0.39 is 15.5 Å². The molecule has 0 fully saturated rings. The number of imidazole rings is 1. The number of nitrogens with one attached hydrogen (secondary N) is 1. The van der Waals surface area contributed by atoms with Crippen molar-refractivity contribution in [2.24, 2.45) is 10.2 Å². The van der Waals surface area contributed by atoms with Crippen LogP contribution in [0.4, 0.5) is 36.2 Å². The number of hydrogen-bond acceptors (Lipinski definition) is 6. The molecule has 0 aliphatic carbocycles. The Morgan fingerprint density at radius 2 is 2.00 bits per heavy atom. The Hall–Kier alpha value is -2.15. The summed E-state index contributed by atoms with van der Waals surface area (Å²) in [7, 11) is -3.83. The average molecular weight is 509 g/mol. The van der Waals surface area contributed by atoms with Gasteiger partial charge >= 0.3 is 15.5 Å². The summed E-state index contributed by atoms with van der Waals surface area (Å²) < 4.78 is 65.6. The second kappa shape index (κ2) is 7.84. The van der Waals surface area contributed by atoms with Gasteiger partial charge in [0.1, 0.15) is 5.69 Å². The van der Waals surface area contributed by atoms with Crippen molar-refractivity contribution in [3.63, 3.8) is 0 Å². The molecule has 0 radical (unpaired) electrons. The molecule has 1 aromatic carbocycles. The molecule has 0 bridgehead atoms. The molecule has 0 atom stereocenters. The van der Waals surface area contributed by atoms with Gasteiger partial charge in [-0.3, -0.25) is 4.72 Å². The van der Waals surface area contributed by atoms with E-state index in [1.54, 1.807) is 28.6 Å². The third-order valence-corrected chi connectivity index (χ3v) is 6.58. The van der Waals surface area contributed by atoms with E-state index in [2.05, 4.69) is 31.1 Å². The van der Waals surface area contributed by atoms with Crippen LogP contribution in [0, 0.1) is 0 Å². The fraction of sp³-hybridized carbons (Fsp3) is 0.471. The van der Waals surface area contributed by atoms with Crippen molar-refractivity contribution in [3.05, 3.63) is 30.1 Å². The summed E-state index contributed by atoms with van der Waals surface area (Å²) in [5.74, 6) is 0.214. The van der Waals surface area contributed by atoms with Gasteiger partial charge in [0, 0.05) is 31.7 Å². The van der Waals surface area contributed by atoms with Crippen LogP contribution in [0.1, 0.15) is 25.8 Å². The van der Waals surface area contributed by atoms with Crippen LogP contribution in [0.25, 0.3) is 0 Å². The van der Waals surface area contributed by atoms with E-state index in [4.69, 9.17) is 0 Å². The monoisotopic (exact) mass is 508 g/mol. The maximum absolute atomic E-state index is 13.0. The van der Waals surface area contributed by atoms with Gasteiger partial charge in [-0.1, -0.05) is 29.8 Å². The number of halogens is 4. The number of azo groups is 1. The minimum absolute atomic E-state index is 0.0333. The highest BCUT2D eigenvalue weighted by atomic mass is 79.9. The lowest BCUT2D eigenvalue weighted by molar-refractivity contribution is -0.0429. The van der Waals surface area contributed by atoms with Gasteiger partial charge in [0.2, 0.25) is 5.95 Å². The maximum Gasteiger partial charge on any atom is 0.516 e. The van der Waals surface area contributed by atoms with Crippen molar-refractivity contribution in [3.8, 4) is 0 Å². The number of aromatic nitrogens is 2. The number of rotatable bonds is 5. The van der Waals surface area contributed by atoms with Crippen molar-refractivity contribution in [2.45, 2.75) is 36.6 Å². The lowest BCUT2D eigenvalue weighted by Gasteiger charge is -2.39. The van der Waals surface area contributed by atoms with Crippen LogP contribution in [0.15, 0.2) is 34.8 Å². The predicted octanol–water partition coefficient (Wildman–Crippen LogP) is 5.03. The molecule has 0 unspecified atom stereocenters. The molecular weight excluding hydrogens is 489 g/mol. The summed E-state index contributed by atoms with van der Waals surface area (Å²) in [4.78, 5) is 5.88. The van der Waals surface area contributed by atoms with E-state index >= 15 is 0 Å². The molecule has 2 heterocycles. The van der Waals surface area contributed by atoms with Crippen LogP contribution in [0.3, 0.4) is 0 Å². The largest absolute Gasteiger partial charge is 0.516 e. The smallest absolute Gasteiger partial charge is 0.374 e. The van der Waals surface area contributed by atoms with Gasteiger partial charge in [0.25, 0.3) is 0 Å². The fourth-order valence-electron chi connectivity index (χ4n) is 3.10. The van der Waals surface area contributed by atoms with E-state index in [1.807, 2.05) is 18.7 Å². The number of hydrogen-bond donors (Lipinski definition) is 1. The van der Waals surface area contributed by atoms with Crippen LogP contribution in [-0.2, 0) is 20.9 Å². The van der Waals surface area contributed by atoms with E-state index in [0.29, 0.717) is 17.7 Å². The van der Waals surface area contributed by atoms with Crippen molar-refractivity contribution in [1.29, 1.82) is 0 Å². The number of fused-ring (bicyclic) bond motifs is 1. The fourth-order valence-corrected chi connectivity index (χ4v) is 4.06. The Labute approximate surface area is 180 Å². The third-order valence-electron chi connectivity index (χ3n) is 4.95. The SMILES string of the molecule is CN1CCC(C)(C)c2cc(N=Nc3nccn3CBr)c(NS(=O)(=O)C(F)(F)F)cc21. The average Bonchev–Trinajstić information content (AvgIpc) is 3.10. The number of anilines is 2. The Morgan fingerprint density at radius 3 is 2.63 bits per heavy atom. The minimum Gasteiger partial charge on any atom is -0.374 e. The van der Waals surface area contributed by atoms with Gasteiger partial charge in [-0.25, -0.2) is 4.98 Å². The molecule has 1 aliphatic rings. The molecule has 0 saturated heterocycles. The standard InChI is InChI=1S/C17H20BrF3N6O2S/c1-16(2)4-6-26(3)14-9-13(25-30(28,29)17(19,20)21)12(8-11(14)16)23-24-15-22-5-7-27(15)10-18/h5,7-9,25H,4,6,10H2,1-3H3. The first-order valence-electron chi connectivity index (χ1n) is 8.83. The zero-order chi connectivity index (χ0) is 22.3. The molecule has 2 aromatic rings. The molecule has 1 aliphatic heterocycles. The summed E-state index contributed by atoms with van der Waals surface area (Å²) in [5, 5.41) is 8.02. The lowest BCUT2D eigenvalue weighted by Crippen LogP contribution is -2.35. The van der Waals surface area contributed by atoms with Crippen molar-refractivity contribution >= 4 is 49.0 Å². The topological polar surface area (TPSA) is 91.9 Å². The molecular formula is C17H20BrF3N6O2S. The Bertz CT molecular complexity index is 1080. The van der Waals surface area contributed by atoms with E-state index in [-0.39, 0.29) is 22.7 Å². The Balaban J connectivity index is 2.15. The molecule has 0 amide bonds. The molecule has 0 saturated carbocycles. The lowest BCUT2D eigenvalue weighted by atomic mass is 9.77. The molecule has 1 aromatic heterocycles. The van der Waals surface area contributed by atoms with Gasteiger partial charge in [-0.05, 0) is 29.5 Å². The minimum atomic E-state index is -5.63. The highest BCUT2D eigenvalue weighted by Crippen LogP contribution is 2.45. The zero-order valence-electron chi connectivity index (χ0n) is 16.4. The van der Waals surface area contributed by atoms with Crippen molar-refractivity contribution in [1.82, 2.24) is 9.55 Å². The highest BCUT2D eigenvalue weighted by molar-refractivity contribution is 9.08. The number of sulfonamides is 1. The summed E-state index contributed by atoms with van der Waals surface area (Å²) in [5.41, 5.74) is -4.23. The van der Waals surface area contributed by atoms with E-state index in [9.17, 15) is 21.6 Å². The second-order valence-electron chi connectivity index (χ2n) is 7.51. The third kappa shape index (κ3) is 4.31. The number of alkyl halides is 4. The number of benzene rings is 1. The molecule has 30 heavy (non-hydrogen) atoms. The van der Waals surface area contributed by atoms with Gasteiger partial charge < -0.3 is 9.47 Å². The molecule has 8 nitrogen and oxygen atoms in total. The first-order chi connectivity index (χ1) is 13.9. The molecule has 13 heteroatoms. The first kappa shape index (κ1) is 22.5.